The zero-order valence-corrected chi connectivity index (χ0v) is 14.3. The highest BCUT2D eigenvalue weighted by atomic mass is 127. The minimum absolute atomic E-state index is 0.706. The standard InChI is InChI=1S/C15H17BrIN/c1-2-3-4-5-6-14(17)15(16)13-9-7-12(11-18)8-10-13/h7-10H,2-6H2,1H3/b15-14+. The number of unbranched alkanes of at least 4 members (excludes halogenated alkanes) is 3. The van der Waals surface area contributed by atoms with Crippen LogP contribution in [0.25, 0.3) is 4.48 Å². The van der Waals surface area contributed by atoms with E-state index >= 15 is 0 Å². The molecular weight excluding hydrogens is 401 g/mol. The van der Waals surface area contributed by atoms with Crippen molar-refractivity contribution in [3.8, 4) is 6.07 Å². The van der Waals surface area contributed by atoms with Gasteiger partial charge in [0, 0.05) is 8.06 Å². The van der Waals surface area contributed by atoms with Crippen molar-refractivity contribution in [3.05, 3.63) is 39.0 Å². The van der Waals surface area contributed by atoms with Gasteiger partial charge in [0.15, 0.2) is 0 Å². The van der Waals surface area contributed by atoms with Gasteiger partial charge in [-0.15, -0.1) is 0 Å². The van der Waals surface area contributed by atoms with E-state index in [1.165, 1.54) is 29.3 Å². The number of benzene rings is 1. The lowest BCUT2D eigenvalue weighted by atomic mass is 10.1. The lowest BCUT2D eigenvalue weighted by Crippen LogP contribution is -1.83. The molecule has 1 aromatic carbocycles. The predicted molar refractivity (Wildman–Crippen MR) is 89.8 cm³/mol. The molecule has 0 saturated heterocycles. The number of nitrogens with zero attached hydrogens (tertiary/aromatic N) is 1. The zero-order chi connectivity index (χ0) is 13.4. The largest absolute Gasteiger partial charge is 0.192 e. The fourth-order valence-corrected chi connectivity index (χ4v) is 2.82. The van der Waals surface area contributed by atoms with Crippen LogP contribution in [0.4, 0.5) is 0 Å². The maximum atomic E-state index is 8.77. The second-order valence-corrected chi connectivity index (χ2v) is 6.31. The van der Waals surface area contributed by atoms with Crippen LogP contribution < -0.4 is 0 Å². The van der Waals surface area contributed by atoms with Crippen LogP contribution in [0.3, 0.4) is 0 Å². The van der Waals surface area contributed by atoms with E-state index in [1.54, 1.807) is 0 Å². The van der Waals surface area contributed by atoms with Gasteiger partial charge >= 0.3 is 0 Å². The van der Waals surface area contributed by atoms with Crippen LogP contribution in [0, 0.1) is 11.3 Å². The number of allylic oxidation sites excluding steroid dienone is 1. The third-order valence-electron chi connectivity index (χ3n) is 2.76. The van der Waals surface area contributed by atoms with E-state index in [4.69, 9.17) is 5.26 Å². The Morgan fingerprint density at radius 1 is 1.22 bits per heavy atom. The Labute approximate surface area is 132 Å². The van der Waals surface area contributed by atoms with Crippen LogP contribution in [0.5, 0.6) is 0 Å². The first-order valence-electron chi connectivity index (χ1n) is 6.23. The number of hydrogen-bond donors (Lipinski definition) is 0. The van der Waals surface area contributed by atoms with E-state index in [-0.39, 0.29) is 0 Å². The zero-order valence-electron chi connectivity index (χ0n) is 10.5. The summed E-state index contributed by atoms with van der Waals surface area (Å²) >= 11 is 6.06. The van der Waals surface area contributed by atoms with Crippen molar-refractivity contribution in [1.82, 2.24) is 0 Å². The lowest BCUT2D eigenvalue weighted by Gasteiger charge is -2.05. The van der Waals surface area contributed by atoms with E-state index in [0.29, 0.717) is 5.56 Å². The van der Waals surface area contributed by atoms with Gasteiger partial charge in [-0.3, -0.25) is 0 Å². The molecule has 0 heterocycles. The van der Waals surface area contributed by atoms with Crippen molar-refractivity contribution in [2.24, 2.45) is 0 Å². The van der Waals surface area contributed by atoms with E-state index < -0.39 is 0 Å². The van der Waals surface area contributed by atoms with Crippen molar-refractivity contribution < 1.29 is 0 Å². The van der Waals surface area contributed by atoms with Gasteiger partial charge < -0.3 is 0 Å². The van der Waals surface area contributed by atoms with Crippen molar-refractivity contribution in [1.29, 1.82) is 5.26 Å². The molecule has 0 saturated carbocycles. The fourth-order valence-electron chi connectivity index (χ4n) is 1.66. The van der Waals surface area contributed by atoms with Crippen molar-refractivity contribution in [2.45, 2.75) is 39.0 Å². The Kier molecular flexibility index (Phi) is 7.60. The first-order valence-corrected chi connectivity index (χ1v) is 8.11. The Balaban J connectivity index is 2.65. The number of nitriles is 1. The number of rotatable bonds is 6. The van der Waals surface area contributed by atoms with E-state index in [9.17, 15) is 0 Å². The summed E-state index contributed by atoms with van der Waals surface area (Å²) in [5, 5.41) is 8.77. The molecule has 0 unspecified atom stereocenters. The van der Waals surface area contributed by atoms with E-state index in [2.05, 4.69) is 51.5 Å². The molecule has 0 radical (unpaired) electrons. The molecule has 18 heavy (non-hydrogen) atoms. The Morgan fingerprint density at radius 2 is 1.89 bits per heavy atom. The maximum Gasteiger partial charge on any atom is 0.0991 e. The van der Waals surface area contributed by atoms with Crippen LogP contribution in [0.2, 0.25) is 0 Å². The summed E-state index contributed by atoms with van der Waals surface area (Å²) in [6.07, 6.45) is 6.27. The van der Waals surface area contributed by atoms with Gasteiger partial charge in [0.05, 0.1) is 11.6 Å². The van der Waals surface area contributed by atoms with Gasteiger partial charge in [-0.2, -0.15) is 5.26 Å². The molecule has 1 rings (SSSR count). The Hall–Kier alpha value is -0.340. The third-order valence-corrected chi connectivity index (χ3v) is 5.51. The van der Waals surface area contributed by atoms with Gasteiger partial charge in [0.2, 0.25) is 0 Å². The summed E-state index contributed by atoms with van der Waals surface area (Å²) in [5.74, 6) is 0. The monoisotopic (exact) mass is 417 g/mol. The summed E-state index contributed by atoms with van der Waals surface area (Å²) in [5.41, 5.74) is 1.85. The second-order valence-electron chi connectivity index (χ2n) is 4.22. The summed E-state index contributed by atoms with van der Waals surface area (Å²) in [4.78, 5) is 0. The molecule has 0 amide bonds. The van der Waals surface area contributed by atoms with Crippen LogP contribution in [-0.4, -0.2) is 0 Å². The molecule has 0 fully saturated rings. The highest BCUT2D eigenvalue weighted by Gasteiger charge is 2.04. The average molecular weight is 418 g/mol. The maximum absolute atomic E-state index is 8.77. The summed E-state index contributed by atoms with van der Waals surface area (Å²) in [6, 6.07) is 9.84. The van der Waals surface area contributed by atoms with Crippen LogP contribution >= 0.6 is 38.5 Å². The average Bonchev–Trinajstić information content (AvgIpc) is 2.42. The first kappa shape index (κ1) is 15.7. The molecule has 0 N–H and O–H groups in total. The molecule has 0 aliphatic heterocycles. The molecular formula is C15H17BrIN. The van der Waals surface area contributed by atoms with Gasteiger partial charge in [0.1, 0.15) is 0 Å². The minimum Gasteiger partial charge on any atom is -0.192 e. The predicted octanol–water partition coefficient (Wildman–Crippen LogP) is 6.03. The molecule has 1 aromatic rings. The smallest absolute Gasteiger partial charge is 0.0991 e. The van der Waals surface area contributed by atoms with Gasteiger partial charge in [-0.05, 0) is 69.1 Å². The summed E-state index contributed by atoms with van der Waals surface area (Å²) in [7, 11) is 0. The molecule has 1 nitrogen and oxygen atoms in total. The summed E-state index contributed by atoms with van der Waals surface area (Å²) < 4.78 is 2.51. The van der Waals surface area contributed by atoms with Gasteiger partial charge in [0.25, 0.3) is 0 Å². The first-order chi connectivity index (χ1) is 8.69. The van der Waals surface area contributed by atoms with E-state index in [1.807, 2.05) is 24.3 Å². The van der Waals surface area contributed by atoms with Crippen LogP contribution in [0.1, 0.15) is 50.2 Å². The topological polar surface area (TPSA) is 23.8 Å². The Morgan fingerprint density at radius 3 is 2.44 bits per heavy atom. The van der Waals surface area contributed by atoms with Crippen molar-refractivity contribution in [2.75, 3.05) is 0 Å². The van der Waals surface area contributed by atoms with Crippen molar-refractivity contribution >= 4 is 43.0 Å². The molecule has 0 atom stereocenters. The quantitative estimate of drug-likeness (QED) is 0.409. The van der Waals surface area contributed by atoms with Crippen molar-refractivity contribution in [3.63, 3.8) is 0 Å². The highest BCUT2D eigenvalue weighted by molar-refractivity contribution is 14.1. The van der Waals surface area contributed by atoms with Crippen LogP contribution in [0.15, 0.2) is 27.8 Å². The second kappa shape index (κ2) is 8.71. The normalized spacial score (nSPS) is 11.9. The Bertz CT molecular complexity index is 443. The third kappa shape index (κ3) is 5.11. The molecule has 0 aliphatic carbocycles. The van der Waals surface area contributed by atoms with Gasteiger partial charge in [-0.1, -0.05) is 38.3 Å². The SMILES string of the molecule is CCCCCC/C(I)=C(\Br)c1ccc(C#N)cc1. The van der Waals surface area contributed by atoms with Gasteiger partial charge in [-0.25, -0.2) is 0 Å². The molecule has 0 aliphatic rings. The fraction of sp³-hybridized carbons (Fsp3) is 0.400. The van der Waals surface area contributed by atoms with Crippen LogP contribution in [-0.2, 0) is 0 Å². The molecule has 96 valence electrons. The minimum atomic E-state index is 0.706. The molecule has 3 heteroatoms. The van der Waals surface area contributed by atoms with E-state index in [0.717, 1.165) is 16.5 Å². The highest BCUT2D eigenvalue weighted by Crippen LogP contribution is 2.32. The molecule has 0 bridgehead atoms. The molecule has 0 spiro atoms. The summed E-state index contributed by atoms with van der Waals surface area (Å²) in [6.45, 7) is 2.23. The number of halogens is 2. The number of hydrogen-bond acceptors (Lipinski definition) is 1. The lowest BCUT2D eigenvalue weighted by molar-refractivity contribution is 0.674. The molecule has 0 aromatic heterocycles.